The molecule has 1 aliphatic carbocycles. The molecule has 0 aromatic carbocycles. The molecule has 4 heteroatoms. The minimum Gasteiger partial charge on any atom is -0.342 e. The zero-order chi connectivity index (χ0) is 8.98. The van der Waals surface area contributed by atoms with Crippen molar-refractivity contribution in [2.45, 2.75) is 25.7 Å². The van der Waals surface area contributed by atoms with E-state index in [2.05, 4.69) is 0 Å². The summed E-state index contributed by atoms with van der Waals surface area (Å²) in [6.45, 7) is 2.56. The topological polar surface area (TPSA) is 20.3 Å². The molecule has 1 saturated carbocycles. The highest BCUT2D eigenvalue weighted by molar-refractivity contribution is 5.74. The lowest BCUT2D eigenvalue weighted by Gasteiger charge is -2.58. The number of rotatable bonds is 0. The van der Waals surface area contributed by atoms with E-state index in [-0.39, 0.29) is 24.2 Å². The molecule has 0 atom stereocenters. The average molecular weight is 175 g/mol. The zero-order valence-corrected chi connectivity index (χ0v) is 6.94. The van der Waals surface area contributed by atoms with Crippen molar-refractivity contribution < 1.29 is 13.6 Å². The molecule has 0 N–H and O–H groups in total. The maximum absolute atomic E-state index is 12.5. The largest absolute Gasteiger partial charge is 0.342 e. The van der Waals surface area contributed by atoms with E-state index in [1.54, 1.807) is 4.90 Å². The fourth-order valence-electron chi connectivity index (χ4n) is 2.26. The summed E-state index contributed by atoms with van der Waals surface area (Å²) in [5, 5.41) is 0. The maximum Gasteiger partial charge on any atom is 0.249 e. The Balaban J connectivity index is 1.87. The zero-order valence-electron chi connectivity index (χ0n) is 6.94. The molecule has 68 valence electrons. The van der Waals surface area contributed by atoms with Crippen LogP contribution in [0.3, 0.4) is 0 Å². The van der Waals surface area contributed by atoms with Gasteiger partial charge in [-0.2, -0.15) is 0 Å². The monoisotopic (exact) mass is 175 g/mol. The van der Waals surface area contributed by atoms with E-state index in [0.29, 0.717) is 13.1 Å². The van der Waals surface area contributed by atoms with Crippen LogP contribution in [0.5, 0.6) is 0 Å². The van der Waals surface area contributed by atoms with Gasteiger partial charge in [-0.1, -0.05) is 0 Å². The predicted molar refractivity (Wildman–Crippen MR) is 38.9 cm³/mol. The predicted octanol–water partition coefficient (Wildman–Crippen LogP) is 1.26. The van der Waals surface area contributed by atoms with Crippen molar-refractivity contribution in [1.82, 2.24) is 4.90 Å². The molecule has 2 nitrogen and oxygen atoms in total. The van der Waals surface area contributed by atoms with Gasteiger partial charge in [-0.25, -0.2) is 8.78 Å². The van der Waals surface area contributed by atoms with Gasteiger partial charge in [0.05, 0.1) is 0 Å². The summed E-state index contributed by atoms with van der Waals surface area (Å²) in [5.41, 5.74) is -0.213. The Hall–Kier alpha value is -0.670. The molecule has 1 amide bonds. The highest BCUT2D eigenvalue weighted by Gasteiger charge is 2.62. The van der Waals surface area contributed by atoms with Crippen LogP contribution in [0.25, 0.3) is 0 Å². The Labute approximate surface area is 69.5 Å². The van der Waals surface area contributed by atoms with Gasteiger partial charge < -0.3 is 4.90 Å². The molecule has 0 aromatic rings. The average Bonchev–Trinajstić information content (AvgIpc) is 1.75. The Bertz CT molecular complexity index is 223. The van der Waals surface area contributed by atoms with Gasteiger partial charge in [0.25, 0.3) is 0 Å². The van der Waals surface area contributed by atoms with Gasteiger partial charge in [-0.3, -0.25) is 4.79 Å². The van der Waals surface area contributed by atoms with Crippen molar-refractivity contribution in [2.75, 3.05) is 13.1 Å². The van der Waals surface area contributed by atoms with Gasteiger partial charge >= 0.3 is 0 Å². The maximum atomic E-state index is 12.5. The van der Waals surface area contributed by atoms with Crippen molar-refractivity contribution in [3.05, 3.63) is 0 Å². The molecule has 2 rings (SSSR count). The van der Waals surface area contributed by atoms with Crippen LogP contribution in [0.1, 0.15) is 19.8 Å². The molecule has 12 heavy (non-hydrogen) atoms. The highest BCUT2D eigenvalue weighted by Crippen LogP contribution is 2.56. The molecule has 0 unspecified atom stereocenters. The second-order valence-electron chi connectivity index (χ2n) is 4.08. The number of likely N-dealkylation sites (tertiary alicyclic amines) is 1. The molecule has 1 saturated heterocycles. The lowest BCUT2D eigenvalue weighted by atomic mass is 9.61. The van der Waals surface area contributed by atoms with Crippen molar-refractivity contribution in [2.24, 2.45) is 5.41 Å². The van der Waals surface area contributed by atoms with E-state index in [1.807, 2.05) is 0 Å². The third kappa shape index (κ3) is 1.01. The van der Waals surface area contributed by atoms with Gasteiger partial charge in [0.1, 0.15) is 0 Å². The summed E-state index contributed by atoms with van der Waals surface area (Å²) in [6, 6.07) is 0. The Morgan fingerprint density at radius 1 is 1.33 bits per heavy atom. The highest BCUT2D eigenvalue weighted by atomic mass is 19.3. The summed E-state index contributed by atoms with van der Waals surface area (Å²) in [4.78, 5) is 12.4. The van der Waals surface area contributed by atoms with E-state index >= 15 is 0 Å². The minimum atomic E-state index is -2.46. The van der Waals surface area contributed by atoms with E-state index in [9.17, 15) is 13.6 Å². The number of nitrogens with zero attached hydrogens (tertiary/aromatic N) is 1. The molecular weight excluding hydrogens is 164 g/mol. The lowest BCUT2D eigenvalue weighted by molar-refractivity contribution is -0.213. The number of amides is 1. The van der Waals surface area contributed by atoms with Crippen molar-refractivity contribution >= 4 is 5.91 Å². The van der Waals surface area contributed by atoms with Crippen LogP contribution in [0.15, 0.2) is 0 Å². The number of carbonyl (C=O) groups excluding carboxylic acids is 1. The number of hydrogen-bond acceptors (Lipinski definition) is 1. The van der Waals surface area contributed by atoms with Gasteiger partial charge in [-0.05, 0) is 0 Å². The number of hydrogen-bond donors (Lipinski definition) is 0. The molecule has 0 aromatic heterocycles. The quantitative estimate of drug-likeness (QED) is 0.542. The molecule has 2 fully saturated rings. The summed E-state index contributed by atoms with van der Waals surface area (Å²) < 4.78 is 25.0. The fourth-order valence-corrected chi connectivity index (χ4v) is 2.26. The smallest absolute Gasteiger partial charge is 0.249 e. The Kier molecular flexibility index (Phi) is 1.31. The first-order valence-corrected chi connectivity index (χ1v) is 4.06. The molecule has 0 bridgehead atoms. The Morgan fingerprint density at radius 2 is 1.83 bits per heavy atom. The van der Waals surface area contributed by atoms with E-state index in [0.717, 1.165) is 0 Å². The number of halogens is 2. The molecule has 1 heterocycles. The first-order chi connectivity index (χ1) is 5.43. The summed E-state index contributed by atoms with van der Waals surface area (Å²) in [5.74, 6) is -2.46. The van der Waals surface area contributed by atoms with Crippen LogP contribution >= 0.6 is 0 Å². The van der Waals surface area contributed by atoms with Crippen LogP contribution in [0, 0.1) is 5.41 Å². The van der Waals surface area contributed by atoms with E-state index < -0.39 is 5.92 Å². The van der Waals surface area contributed by atoms with Crippen LogP contribution in [0.2, 0.25) is 0 Å². The van der Waals surface area contributed by atoms with Crippen LogP contribution in [-0.2, 0) is 4.79 Å². The lowest BCUT2D eigenvalue weighted by Crippen LogP contribution is -2.66. The molecule has 2 aliphatic rings. The summed E-state index contributed by atoms with van der Waals surface area (Å²) >= 11 is 0. The molecule has 1 aliphatic heterocycles. The summed E-state index contributed by atoms with van der Waals surface area (Å²) in [7, 11) is 0. The van der Waals surface area contributed by atoms with Gasteiger partial charge in [0, 0.05) is 38.3 Å². The first kappa shape index (κ1) is 7.95. The van der Waals surface area contributed by atoms with E-state index in [4.69, 9.17) is 0 Å². The molecular formula is C8H11F2NO. The van der Waals surface area contributed by atoms with E-state index in [1.165, 1.54) is 6.92 Å². The molecule has 1 spiro atoms. The third-order valence-electron chi connectivity index (χ3n) is 2.77. The fraction of sp³-hybridized carbons (Fsp3) is 0.875. The number of alkyl halides is 2. The van der Waals surface area contributed by atoms with Crippen molar-refractivity contribution in [1.29, 1.82) is 0 Å². The van der Waals surface area contributed by atoms with Gasteiger partial charge in [0.2, 0.25) is 11.8 Å². The first-order valence-electron chi connectivity index (χ1n) is 4.06. The summed E-state index contributed by atoms with van der Waals surface area (Å²) in [6.07, 6.45) is -0.0481. The Morgan fingerprint density at radius 3 is 2.17 bits per heavy atom. The van der Waals surface area contributed by atoms with Crippen LogP contribution < -0.4 is 0 Å². The van der Waals surface area contributed by atoms with Crippen molar-refractivity contribution in [3.63, 3.8) is 0 Å². The van der Waals surface area contributed by atoms with Gasteiger partial charge in [0.15, 0.2) is 0 Å². The third-order valence-corrected chi connectivity index (χ3v) is 2.77. The second-order valence-corrected chi connectivity index (χ2v) is 4.08. The SMILES string of the molecule is CC(=O)N1CC2(C1)CC(F)(F)C2. The van der Waals surface area contributed by atoms with Gasteiger partial charge in [-0.15, -0.1) is 0 Å². The normalized spacial score (nSPS) is 29.4. The van der Waals surface area contributed by atoms with Crippen molar-refractivity contribution in [3.8, 4) is 0 Å². The number of carbonyl (C=O) groups is 1. The van der Waals surface area contributed by atoms with Crippen LogP contribution in [-0.4, -0.2) is 29.8 Å². The standard InChI is InChI=1S/C8H11F2NO/c1-6(12)11-4-7(5-11)2-8(9,10)3-7/h2-5H2,1H3. The molecule has 0 radical (unpaired) electrons. The minimum absolute atomic E-state index is 0.00385. The second kappa shape index (κ2) is 1.98. The van der Waals surface area contributed by atoms with Crippen LogP contribution in [0.4, 0.5) is 8.78 Å².